The number of hydrogen-bond acceptors (Lipinski definition) is 5. The van der Waals surface area contributed by atoms with Crippen molar-refractivity contribution >= 4 is 22.8 Å². The molecule has 7 rings (SSSR count). The average molecular weight is 442 g/mol. The van der Waals surface area contributed by atoms with Crippen LogP contribution in [0.15, 0.2) is 48.7 Å². The molecule has 0 saturated heterocycles. The van der Waals surface area contributed by atoms with Crippen molar-refractivity contribution in [1.82, 2.24) is 14.5 Å². The molecule has 3 unspecified atom stereocenters. The Labute approximate surface area is 188 Å². The van der Waals surface area contributed by atoms with Crippen LogP contribution in [-0.2, 0) is 18.3 Å². The Kier molecular flexibility index (Phi) is 3.69. The molecule has 3 atom stereocenters. The largest absolute Gasteiger partial charge is 0.489 e. The topological polar surface area (TPSA) is 78.3 Å². The van der Waals surface area contributed by atoms with Crippen molar-refractivity contribution in [1.29, 1.82) is 0 Å². The minimum absolute atomic E-state index is 0.0273. The summed E-state index contributed by atoms with van der Waals surface area (Å²) in [6.07, 6.45) is 2.68. The predicted octanol–water partition coefficient (Wildman–Crippen LogP) is 4.43. The van der Waals surface area contributed by atoms with E-state index in [1.165, 1.54) is 12.1 Å². The number of carbonyl (C=O) groups excluding carboxylic acids is 1. The highest BCUT2D eigenvalue weighted by Gasteiger charge is 2.61. The van der Waals surface area contributed by atoms with Crippen LogP contribution in [0.2, 0.25) is 0 Å². The van der Waals surface area contributed by atoms with Crippen LogP contribution in [0.4, 0.5) is 10.2 Å². The van der Waals surface area contributed by atoms with Crippen molar-refractivity contribution in [3.63, 3.8) is 0 Å². The fraction of sp³-hybridized carbons (Fsp3) is 0.240. The number of imidazole rings is 1. The molecule has 2 aromatic carbocycles. The standard InChI is InChI=1S/C25H19FN4O3/c1-30-17-10-12(26)2-5-16(17)28-25(30)22-21-15-11-13(3-6-18(15)33-23(21)22)32-19-8-9-27-24-14(19)4-7-20(31)29-24/h2-3,5-6,8-11,21-23H,4,7H2,1H3,(H,27,29,31). The van der Waals surface area contributed by atoms with E-state index in [2.05, 4.69) is 10.3 Å². The maximum absolute atomic E-state index is 13.7. The van der Waals surface area contributed by atoms with Crippen molar-refractivity contribution in [2.45, 2.75) is 30.8 Å². The van der Waals surface area contributed by atoms with Crippen molar-refractivity contribution in [3.05, 3.63) is 71.4 Å². The number of pyridine rings is 1. The highest BCUT2D eigenvalue weighted by Crippen LogP contribution is 2.63. The number of carbonyl (C=O) groups is 1. The quantitative estimate of drug-likeness (QED) is 0.508. The summed E-state index contributed by atoms with van der Waals surface area (Å²) in [4.78, 5) is 20.7. The third kappa shape index (κ3) is 2.76. The lowest BCUT2D eigenvalue weighted by Gasteiger charge is -2.19. The van der Waals surface area contributed by atoms with E-state index < -0.39 is 0 Å². The summed E-state index contributed by atoms with van der Waals surface area (Å²) in [7, 11) is 1.92. The van der Waals surface area contributed by atoms with Gasteiger partial charge in [-0.05, 0) is 48.9 Å². The molecule has 1 saturated carbocycles. The summed E-state index contributed by atoms with van der Waals surface area (Å²) in [5.74, 6) is 3.75. The molecule has 33 heavy (non-hydrogen) atoms. The number of ether oxygens (including phenoxy) is 2. The van der Waals surface area contributed by atoms with E-state index in [0.717, 1.165) is 33.7 Å². The maximum atomic E-state index is 13.7. The Balaban J connectivity index is 1.19. The van der Waals surface area contributed by atoms with Crippen LogP contribution in [-0.4, -0.2) is 26.5 Å². The first-order valence-electron chi connectivity index (χ1n) is 10.9. The first kappa shape index (κ1) is 18.6. The molecule has 2 aliphatic heterocycles. The van der Waals surface area contributed by atoms with Crippen LogP contribution in [0.5, 0.6) is 17.2 Å². The summed E-state index contributed by atoms with van der Waals surface area (Å²) >= 11 is 0. The Hall–Kier alpha value is -3.94. The van der Waals surface area contributed by atoms with Crippen LogP contribution in [0.3, 0.4) is 0 Å². The normalized spacial score (nSPS) is 22.2. The van der Waals surface area contributed by atoms with Gasteiger partial charge in [-0.25, -0.2) is 14.4 Å². The molecule has 0 bridgehead atoms. The van der Waals surface area contributed by atoms with Gasteiger partial charge >= 0.3 is 0 Å². The second kappa shape index (κ2) is 6.54. The van der Waals surface area contributed by atoms with Gasteiger partial charge in [0.25, 0.3) is 0 Å². The van der Waals surface area contributed by atoms with Gasteiger partial charge in [0.1, 0.15) is 40.8 Å². The lowest BCUT2D eigenvalue weighted by atomic mass is 10.1. The lowest BCUT2D eigenvalue weighted by molar-refractivity contribution is -0.116. The van der Waals surface area contributed by atoms with Gasteiger partial charge in [0.05, 0.1) is 17.0 Å². The number of nitrogens with zero attached hydrogens (tertiary/aromatic N) is 3. The predicted molar refractivity (Wildman–Crippen MR) is 118 cm³/mol. The fourth-order valence-corrected chi connectivity index (χ4v) is 5.17. The Morgan fingerprint density at radius 1 is 1.15 bits per heavy atom. The SMILES string of the molecule is Cn1c(C2C3Oc4ccc(Oc5ccnc6c5CCC(=O)N6)cc4C32)nc2ccc(F)cc21. The molecule has 1 aliphatic carbocycles. The van der Waals surface area contributed by atoms with Gasteiger partial charge < -0.3 is 19.4 Å². The first-order valence-corrected chi connectivity index (χ1v) is 10.9. The fourth-order valence-electron chi connectivity index (χ4n) is 5.17. The smallest absolute Gasteiger partial charge is 0.225 e. The second-order valence-electron chi connectivity index (χ2n) is 8.78. The number of benzene rings is 2. The molecule has 1 fully saturated rings. The number of rotatable bonds is 3. The summed E-state index contributed by atoms with van der Waals surface area (Å²) < 4.78 is 28.1. The molecule has 2 aromatic heterocycles. The van der Waals surface area contributed by atoms with Gasteiger partial charge in [0.2, 0.25) is 5.91 Å². The minimum atomic E-state index is -0.269. The molecule has 1 amide bonds. The zero-order valence-corrected chi connectivity index (χ0v) is 17.7. The molecule has 8 heteroatoms. The number of aromatic nitrogens is 3. The molecule has 4 aromatic rings. The van der Waals surface area contributed by atoms with Gasteiger partial charge in [-0.2, -0.15) is 0 Å². The van der Waals surface area contributed by atoms with Crippen LogP contribution in [0.25, 0.3) is 11.0 Å². The van der Waals surface area contributed by atoms with Gasteiger partial charge in [0.15, 0.2) is 0 Å². The number of anilines is 1. The Morgan fingerprint density at radius 2 is 2.06 bits per heavy atom. The number of nitrogens with one attached hydrogen (secondary N) is 1. The van der Waals surface area contributed by atoms with Gasteiger partial charge in [-0.15, -0.1) is 0 Å². The molecule has 164 valence electrons. The molecule has 0 spiro atoms. The molecule has 0 radical (unpaired) electrons. The highest BCUT2D eigenvalue weighted by atomic mass is 19.1. The van der Waals surface area contributed by atoms with E-state index in [0.29, 0.717) is 30.2 Å². The van der Waals surface area contributed by atoms with Crippen molar-refractivity contribution < 1.29 is 18.7 Å². The van der Waals surface area contributed by atoms with E-state index in [1.54, 1.807) is 12.3 Å². The number of fused-ring (bicyclic) bond motifs is 5. The lowest BCUT2D eigenvalue weighted by Crippen LogP contribution is -2.20. The Morgan fingerprint density at radius 3 is 2.97 bits per heavy atom. The van der Waals surface area contributed by atoms with E-state index in [9.17, 15) is 9.18 Å². The zero-order valence-electron chi connectivity index (χ0n) is 17.7. The second-order valence-corrected chi connectivity index (χ2v) is 8.78. The summed E-state index contributed by atoms with van der Waals surface area (Å²) in [5, 5.41) is 2.80. The monoisotopic (exact) mass is 442 g/mol. The van der Waals surface area contributed by atoms with Crippen molar-refractivity contribution in [3.8, 4) is 17.2 Å². The van der Waals surface area contributed by atoms with Crippen LogP contribution in [0, 0.1) is 5.82 Å². The summed E-state index contributed by atoms with van der Waals surface area (Å²) in [5.41, 5.74) is 3.56. The van der Waals surface area contributed by atoms with E-state index in [1.807, 2.05) is 35.9 Å². The number of aryl methyl sites for hydroxylation is 1. The molecule has 7 nitrogen and oxygen atoms in total. The minimum Gasteiger partial charge on any atom is -0.489 e. The first-order chi connectivity index (χ1) is 16.1. The van der Waals surface area contributed by atoms with Crippen LogP contribution >= 0.6 is 0 Å². The van der Waals surface area contributed by atoms with E-state index >= 15 is 0 Å². The molecular formula is C25H19FN4O3. The van der Waals surface area contributed by atoms with E-state index in [4.69, 9.17) is 14.5 Å². The van der Waals surface area contributed by atoms with Gasteiger partial charge in [-0.3, -0.25) is 4.79 Å². The summed E-state index contributed by atoms with van der Waals surface area (Å²) in [6, 6.07) is 12.3. The Bertz CT molecular complexity index is 1480. The third-order valence-electron chi connectivity index (χ3n) is 6.83. The van der Waals surface area contributed by atoms with Gasteiger partial charge in [-0.1, -0.05) is 0 Å². The highest BCUT2D eigenvalue weighted by molar-refractivity contribution is 5.93. The molecule has 3 aliphatic rings. The molecular weight excluding hydrogens is 423 g/mol. The summed E-state index contributed by atoms with van der Waals surface area (Å²) in [6.45, 7) is 0. The van der Waals surface area contributed by atoms with Gasteiger partial charge in [0, 0.05) is 36.7 Å². The van der Waals surface area contributed by atoms with Crippen LogP contribution < -0.4 is 14.8 Å². The molecule has 1 N–H and O–H groups in total. The number of amides is 1. The maximum Gasteiger partial charge on any atom is 0.225 e. The van der Waals surface area contributed by atoms with Crippen molar-refractivity contribution in [2.24, 2.45) is 7.05 Å². The third-order valence-corrected chi connectivity index (χ3v) is 6.83. The van der Waals surface area contributed by atoms with E-state index in [-0.39, 0.29) is 29.7 Å². The van der Waals surface area contributed by atoms with Crippen LogP contribution in [0.1, 0.15) is 35.2 Å². The molecule has 4 heterocycles. The zero-order chi connectivity index (χ0) is 22.3. The number of hydrogen-bond donors (Lipinski definition) is 1. The van der Waals surface area contributed by atoms with Crippen molar-refractivity contribution in [2.75, 3.05) is 5.32 Å². The number of halogens is 1. The average Bonchev–Trinajstić information content (AvgIpc) is 3.23.